The van der Waals surface area contributed by atoms with Crippen molar-refractivity contribution in [2.75, 3.05) is 17.3 Å². The van der Waals surface area contributed by atoms with Gasteiger partial charge in [-0.05, 0) is 40.5 Å². The molecule has 1 aliphatic heterocycles. The van der Waals surface area contributed by atoms with Crippen LogP contribution in [-0.2, 0) is 22.4 Å². The second-order valence-electron chi connectivity index (χ2n) is 6.76. The first-order valence-corrected chi connectivity index (χ1v) is 8.94. The van der Waals surface area contributed by atoms with Gasteiger partial charge in [0.05, 0.1) is 12.8 Å². The van der Waals surface area contributed by atoms with E-state index in [2.05, 4.69) is 17.4 Å². The van der Waals surface area contributed by atoms with Crippen LogP contribution < -0.4 is 10.2 Å². The molecule has 0 spiro atoms. The summed E-state index contributed by atoms with van der Waals surface area (Å²) in [7, 11) is 1.77. The molecule has 27 heavy (non-hydrogen) atoms. The second kappa shape index (κ2) is 7.08. The zero-order chi connectivity index (χ0) is 18.8. The number of carbonyl (C=O) groups excluding carboxylic acids is 2. The smallest absolute Gasteiger partial charge is 0.231 e. The fourth-order valence-electron chi connectivity index (χ4n) is 3.38. The van der Waals surface area contributed by atoms with Gasteiger partial charge in [-0.3, -0.25) is 9.59 Å². The molecule has 0 saturated carbocycles. The van der Waals surface area contributed by atoms with Gasteiger partial charge in [0.1, 0.15) is 0 Å². The third-order valence-corrected chi connectivity index (χ3v) is 4.87. The Kier molecular flexibility index (Phi) is 4.47. The summed E-state index contributed by atoms with van der Waals surface area (Å²) in [5.74, 6) is 0.00655. The number of carbonyl (C=O) groups is 2. The molecular weight excluding hydrogens is 336 g/mol. The number of rotatable bonds is 4. The number of benzene rings is 3. The van der Waals surface area contributed by atoms with Crippen LogP contribution in [0.2, 0.25) is 0 Å². The fraction of sp³-hybridized carbons (Fsp3) is 0.130. The highest BCUT2D eigenvalue weighted by molar-refractivity contribution is 6.02. The van der Waals surface area contributed by atoms with Gasteiger partial charge in [0.2, 0.25) is 11.8 Å². The van der Waals surface area contributed by atoms with E-state index >= 15 is 0 Å². The zero-order valence-corrected chi connectivity index (χ0v) is 15.1. The first kappa shape index (κ1) is 17.0. The van der Waals surface area contributed by atoms with Gasteiger partial charge in [0, 0.05) is 18.4 Å². The molecule has 0 unspecified atom stereocenters. The maximum atomic E-state index is 12.4. The van der Waals surface area contributed by atoms with E-state index in [9.17, 15) is 9.59 Å². The number of likely N-dealkylation sites (N-methyl/N-ethyl adjacent to an activating group) is 1. The molecule has 0 radical (unpaired) electrons. The van der Waals surface area contributed by atoms with E-state index in [-0.39, 0.29) is 11.8 Å². The van der Waals surface area contributed by atoms with Crippen LogP contribution in [0.4, 0.5) is 11.4 Å². The Morgan fingerprint density at radius 3 is 2.41 bits per heavy atom. The minimum absolute atomic E-state index is 0.0694. The van der Waals surface area contributed by atoms with E-state index in [1.807, 2.05) is 60.7 Å². The molecule has 4 heteroatoms. The molecule has 4 rings (SSSR count). The van der Waals surface area contributed by atoms with Gasteiger partial charge < -0.3 is 10.2 Å². The van der Waals surface area contributed by atoms with Gasteiger partial charge in [-0.2, -0.15) is 0 Å². The van der Waals surface area contributed by atoms with Crippen LogP contribution >= 0.6 is 0 Å². The monoisotopic (exact) mass is 356 g/mol. The zero-order valence-electron chi connectivity index (χ0n) is 15.1. The van der Waals surface area contributed by atoms with E-state index < -0.39 is 0 Å². The number of anilines is 2. The van der Waals surface area contributed by atoms with Crippen molar-refractivity contribution in [2.45, 2.75) is 12.8 Å². The highest BCUT2D eigenvalue weighted by atomic mass is 16.2. The SMILES string of the molecule is CN1C(=O)Cc2cc(NC(=O)Cc3ccc(-c4ccccc4)cc3)ccc21. The third-order valence-electron chi connectivity index (χ3n) is 4.87. The molecule has 0 bridgehead atoms. The van der Waals surface area contributed by atoms with Crippen LogP contribution in [0, 0.1) is 0 Å². The average Bonchev–Trinajstić information content (AvgIpc) is 2.96. The van der Waals surface area contributed by atoms with E-state index in [0.717, 1.165) is 33.6 Å². The molecule has 134 valence electrons. The Bertz CT molecular complexity index is 995. The molecule has 1 heterocycles. The second-order valence-corrected chi connectivity index (χ2v) is 6.76. The van der Waals surface area contributed by atoms with E-state index in [4.69, 9.17) is 0 Å². The topological polar surface area (TPSA) is 49.4 Å². The van der Waals surface area contributed by atoms with Crippen LogP contribution in [0.3, 0.4) is 0 Å². The lowest BCUT2D eigenvalue weighted by molar-refractivity contribution is -0.117. The standard InChI is InChI=1S/C23H20N2O2/c1-25-21-12-11-20(14-19(21)15-23(25)27)24-22(26)13-16-7-9-18(10-8-16)17-5-3-2-4-6-17/h2-12,14H,13,15H2,1H3,(H,24,26). The van der Waals surface area contributed by atoms with Crippen molar-refractivity contribution in [3.05, 3.63) is 83.9 Å². The largest absolute Gasteiger partial charge is 0.326 e. The number of nitrogens with one attached hydrogen (secondary N) is 1. The Balaban J connectivity index is 1.41. The van der Waals surface area contributed by atoms with Crippen molar-refractivity contribution in [2.24, 2.45) is 0 Å². The van der Waals surface area contributed by atoms with Crippen LogP contribution in [0.1, 0.15) is 11.1 Å². The predicted octanol–water partition coefficient (Wildman–Crippen LogP) is 4.05. The minimum atomic E-state index is -0.0694. The van der Waals surface area contributed by atoms with Crippen molar-refractivity contribution in [1.82, 2.24) is 0 Å². The van der Waals surface area contributed by atoms with Crippen LogP contribution in [0.25, 0.3) is 11.1 Å². The van der Waals surface area contributed by atoms with Gasteiger partial charge in [0.15, 0.2) is 0 Å². The molecule has 4 nitrogen and oxygen atoms in total. The highest BCUT2D eigenvalue weighted by Gasteiger charge is 2.24. The first-order chi connectivity index (χ1) is 13.1. The molecule has 0 saturated heterocycles. The summed E-state index contributed by atoms with van der Waals surface area (Å²) in [5, 5.41) is 2.93. The van der Waals surface area contributed by atoms with Gasteiger partial charge in [-0.25, -0.2) is 0 Å². The molecule has 3 aromatic carbocycles. The number of hydrogen-bond acceptors (Lipinski definition) is 2. The summed E-state index contributed by atoms with van der Waals surface area (Å²) >= 11 is 0. The predicted molar refractivity (Wildman–Crippen MR) is 108 cm³/mol. The maximum Gasteiger partial charge on any atom is 0.231 e. The number of hydrogen-bond donors (Lipinski definition) is 1. The van der Waals surface area contributed by atoms with Crippen molar-refractivity contribution in [3.8, 4) is 11.1 Å². The van der Waals surface area contributed by atoms with Crippen LogP contribution in [-0.4, -0.2) is 18.9 Å². The van der Waals surface area contributed by atoms with Gasteiger partial charge in [-0.15, -0.1) is 0 Å². The normalized spacial score (nSPS) is 12.8. The average molecular weight is 356 g/mol. The number of nitrogens with zero attached hydrogens (tertiary/aromatic N) is 1. The fourth-order valence-corrected chi connectivity index (χ4v) is 3.38. The molecule has 1 aliphatic rings. The van der Waals surface area contributed by atoms with Gasteiger partial charge in [-0.1, -0.05) is 54.6 Å². The summed E-state index contributed by atoms with van der Waals surface area (Å²) < 4.78 is 0. The van der Waals surface area contributed by atoms with Crippen LogP contribution in [0.5, 0.6) is 0 Å². The van der Waals surface area contributed by atoms with E-state index in [0.29, 0.717) is 12.8 Å². The maximum absolute atomic E-state index is 12.4. The Labute approximate surface area is 158 Å². The molecule has 0 aromatic heterocycles. The number of fused-ring (bicyclic) bond motifs is 1. The number of amides is 2. The molecule has 2 amide bonds. The summed E-state index contributed by atoms with van der Waals surface area (Å²) in [4.78, 5) is 25.8. The molecule has 1 N–H and O–H groups in total. The van der Waals surface area contributed by atoms with Gasteiger partial charge >= 0.3 is 0 Å². The Morgan fingerprint density at radius 2 is 1.67 bits per heavy atom. The first-order valence-electron chi connectivity index (χ1n) is 8.94. The third kappa shape index (κ3) is 3.60. The summed E-state index contributed by atoms with van der Waals surface area (Å²) in [6.07, 6.45) is 0.696. The lowest BCUT2D eigenvalue weighted by atomic mass is 10.0. The molecule has 3 aromatic rings. The van der Waals surface area contributed by atoms with E-state index in [1.54, 1.807) is 11.9 Å². The lowest BCUT2D eigenvalue weighted by Gasteiger charge is -2.11. The Morgan fingerprint density at radius 1 is 0.963 bits per heavy atom. The van der Waals surface area contributed by atoms with Crippen molar-refractivity contribution in [1.29, 1.82) is 0 Å². The van der Waals surface area contributed by atoms with Crippen LogP contribution in [0.15, 0.2) is 72.8 Å². The molecule has 0 atom stereocenters. The van der Waals surface area contributed by atoms with Gasteiger partial charge in [0.25, 0.3) is 0 Å². The Hall–Kier alpha value is -3.40. The molecule has 0 aliphatic carbocycles. The quantitative estimate of drug-likeness (QED) is 0.767. The van der Waals surface area contributed by atoms with Crippen molar-refractivity contribution in [3.63, 3.8) is 0 Å². The molecular formula is C23H20N2O2. The highest BCUT2D eigenvalue weighted by Crippen LogP contribution is 2.30. The van der Waals surface area contributed by atoms with Crippen molar-refractivity contribution >= 4 is 23.2 Å². The summed E-state index contributed by atoms with van der Waals surface area (Å²) in [6.45, 7) is 0. The molecule has 0 fully saturated rings. The van der Waals surface area contributed by atoms with E-state index in [1.165, 1.54) is 0 Å². The van der Waals surface area contributed by atoms with Crippen molar-refractivity contribution < 1.29 is 9.59 Å². The summed E-state index contributed by atoms with van der Waals surface area (Å²) in [6, 6.07) is 23.8. The lowest BCUT2D eigenvalue weighted by Crippen LogP contribution is -2.20. The summed E-state index contributed by atoms with van der Waals surface area (Å²) in [5.41, 5.74) is 5.84. The minimum Gasteiger partial charge on any atom is -0.326 e.